The molecule has 0 aliphatic heterocycles. The van der Waals surface area contributed by atoms with Gasteiger partial charge < -0.3 is 10.0 Å². The average Bonchev–Trinajstić information content (AvgIpc) is 2.26. The van der Waals surface area contributed by atoms with E-state index in [1.165, 1.54) is 4.90 Å². The first-order chi connectivity index (χ1) is 7.97. The van der Waals surface area contributed by atoms with Gasteiger partial charge in [0.15, 0.2) is 6.04 Å². The molecular weight excluding hydrogens is 218 g/mol. The lowest BCUT2D eigenvalue weighted by molar-refractivity contribution is -0.147. The Bertz CT molecular complexity index is 398. The molecule has 4 nitrogen and oxygen atoms in total. The summed E-state index contributed by atoms with van der Waals surface area (Å²) in [6, 6.07) is 6.09. The number of benzene rings is 1. The molecule has 0 radical (unpaired) electrons. The van der Waals surface area contributed by atoms with Crippen LogP contribution in [0.2, 0.25) is 0 Å². The molecule has 92 valence electrons. The van der Waals surface area contributed by atoms with Gasteiger partial charge in [-0.15, -0.1) is 0 Å². The minimum atomic E-state index is -1.02. The number of hydrogen-bond donors (Lipinski definition) is 1. The highest BCUT2D eigenvalue weighted by Gasteiger charge is 2.27. The molecule has 1 rings (SSSR count). The topological polar surface area (TPSA) is 57.6 Å². The fourth-order valence-electron chi connectivity index (χ4n) is 1.67. The number of aliphatic carboxylic acids is 1. The highest BCUT2D eigenvalue weighted by atomic mass is 16.4. The molecule has 4 heteroatoms. The molecule has 1 aromatic carbocycles. The summed E-state index contributed by atoms with van der Waals surface area (Å²) >= 11 is 0. The summed E-state index contributed by atoms with van der Waals surface area (Å²) in [7, 11) is 0. The first kappa shape index (κ1) is 13.2. The molecular formula is C13H17NO3. The molecule has 1 N–H and O–H groups in total. The van der Waals surface area contributed by atoms with Crippen molar-refractivity contribution in [3.05, 3.63) is 35.4 Å². The quantitative estimate of drug-likeness (QED) is 0.794. The minimum absolute atomic E-state index is 0.157. The summed E-state index contributed by atoms with van der Waals surface area (Å²) < 4.78 is 0. The lowest BCUT2D eigenvalue weighted by Crippen LogP contribution is -2.38. The number of carboxylic acids is 1. The molecule has 1 atom stereocenters. The second-order valence-corrected chi connectivity index (χ2v) is 4.30. The van der Waals surface area contributed by atoms with Crippen LogP contribution in [0.25, 0.3) is 0 Å². The van der Waals surface area contributed by atoms with Gasteiger partial charge in [0.25, 0.3) is 0 Å². The fourth-order valence-corrected chi connectivity index (χ4v) is 1.67. The van der Waals surface area contributed by atoms with Gasteiger partial charge in [-0.05, 0) is 26.3 Å². The number of carbonyl (C=O) groups excluding carboxylic acids is 1. The van der Waals surface area contributed by atoms with Gasteiger partial charge in [0.05, 0.1) is 0 Å². The number of carboxylic acid groups (broad SMARTS) is 1. The van der Waals surface area contributed by atoms with Crippen LogP contribution in [0.4, 0.5) is 0 Å². The van der Waals surface area contributed by atoms with Gasteiger partial charge in [-0.25, -0.2) is 4.79 Å². The van der Waals surface area contributed by atoms with E-state index in [0.29, 0.717) is 12.0 Å². The van der Waals surface area contributed by atoms with Crippen molar-refractivity contribution in [2.75, 3.05) is 0 Å². The maximum Gasteiger partial charge on any atom is 0.331 e. The number of aryl methyl sites for hydroxylation is 1. The Kier molecular flexibility index (Phi) is 4.26. The van der Waals surface area contributed by atoms with Crippen LogP contribution >= 0.6 is 0 Å². The predicted molar refractivity (Wildman–Crippen MR) is 64.6 cm³/mol. The second kappa shape index (κ2) is 5.48. The van der Waals surface area contributed by atoms with E-state index >= 15 is 0 Å². The van der Waals surface area contributed by atoms with Gasteiger partial charge in [-0.2, -0.15) is 0 Å². The number of rotatable bonds is 5. The normalized spacial score (nSPS) is 12.2. The molecule has 0 saturated carbocycles. The van der Waals surface area contributed by atoms with Crippen molar-refractivity contribution in [2.45, 2.75) is 32.9 Å². The van der Waals surface area contributed by atoms with E-state index < -0.39 is 12.0 Å². The van der Waals surface area contributed by atoms with Crippen molar-refractivity contribution in [3.8, 4) is 0 Å². The van der Waals surface area contributed by atoms with Crippen LogP contribution in [0, 0.1) is 6.92 Å². The Labute approximate surface area is 101 Å². The zero-order valence-electron chi connectivity index (χ0n) is 10.3. The smallest absolute Gasteiger partial charge is 0.331 e. The third-order valence-corrected chi connectivity index (χ3v) is 2.64. The number of nitrogens with zero attached hydrogens (tertiary/aromatic N) is 1. The maximum absolute atomic E-state index is 11.3. The molecule has 0 aliphatic rings. The van der Waals surface area contributed by atoms with E-state index in [-0.39, 0.29) is 6.04 Å². The third-order valence-electron chi connectivity index (χ3n) is 2.64. The van der Waals surface area contributed by atoms with Gasteiger partial charge in [0.1, 0.15) is 0 Å². The first-order valence-electron chi connectivity index (χ1n) is 5.49. The lowest BCUT2D eigenvalue weighted by Gasteiger charge is -2.28. The molecule has 0 spiro atoms. The Morgan fingerprint density at radius 3 is 2.18 bits per heavy atom. The van der Waals surface area contributed by atoms with Gasteiger partial charge >= 0.3 is 5.97 Å². The molecule has 0 bridgehead atoms. The summed E-state index contributed by atoms with van der Waals surface area (Å²) in [5.74, 6) is -1.02. The van der Waals surface area contributed by atoms with E-state index in [4.69, 9.17) is 0 Å². The second-order valence-electron chi connectivity index (χ2n) is 4.30. The fraction of sp³-hybridized carbons (Fsp3) is 0.385. The lowest BCUT2D eigenvalue weighted by atomic mass is 10.0. The minimum Gasteiger partial charge on any atom is -0.479 e. The van der Waals surface area contributed by atoms with Crippen LogP contribution in [0.3, 0.4) is 0 Å². The summed E-state index contributed by atoms with van der Waals surface area (Å²) in [6.07, 6.45) is 0.587. The van der Waals surface area contributed by atoms with Crippen molar-refractivity contribution in [1.82, 2.24) is 4.90 Å². The van der Waals surface area contributed by atoms with Gasteiger partial charge in [-0.3, -0.25) is 4.79 Å². The van der Waals surface area contributed by atoms with Gasteiger partial charge in [0.2, 0.25) is 6.41 Å². The molecule has 0 heterocycles. The number of carbonyl (C=O) groups is 2. The third kappa shape index (κ3) is 3.06. The molecule has 0 aromatic heterocycles. The van der Waals surface area contributed by atoms with E-state index in [0.717, 1.165) is 5.56 Å². The van der Waals surface area contributed by atoms with Crippen LogP contribution in [0.5, 0.6) is 0 Å². The predicted octanol–water partition coefficient (Wildman–Crippen LogP) is 1.99. The molecule has 1 amide bonds. The van der Waals surface area contributed by atoms with Crippen LogP contribution in [-0.2, 0) is 9.59 Å². The SMILES string of the molecule is Cc1ccc(C(C(=O)O)N(C=O)C(C)C)cc1. The van der Waals surface area contributed by atoms with E-state index in [1.54, 1.807) is 26.0 Å². The molecule has 0 fully saturated rings. The van der Waals surface area contributed by atoms with Crippen LogP contribution in [-0.4, -0.2) is 28.4 Å². The number of hydrogen-bond acceptors (Lipinski definition) is 2. The summed E-state index contributed by atoms with van der Waals surface area (Å²) in [5, 5.41) is 9.25. The average molecular weight is 235 g/mol. The Morgan fingerprint density at radius 1 is 1.29 bits per heavy atom. The Balaban J connectivity index is 3.12. The zero-order valence-corrected chi connectivity index (χ0v) is 10.3. The monoisotopic (exact) mass is 235 g/mol. The summed E-state index contributed by atoms with van der Waals surface area (Å²) in [6.45, 7) is 5.51. The molecule has 0 saturated heterocycles. The van der Waals surface area contributed by atoms with E-state index in [1.807, 2.05) is 19.1 Å². The Hall–Kier alpha value is -1.84. The molecule has 1 unspecified atom stereocenters. The van der Waals surface area contributed by atoms with Crippen molar-refractivity contribution in [1.29, 1.82) is 0 Å². The van der Waals surface area contributed by atoms with Gasteiger partial charge in [0, 0.05) is 6.04 Å². The molecule has 0 aliphatic carbocycles. The Morgan fingerprint density at radius 2 is 1.82 bits per heavy atom. The van der Waals surface area contributed by atoms with Crippen molar-refractivity contribution in [2.24, 2.45) is 0 Å². The molecule has 1 aromatic rings. The summed E-state index contributed by atoms with van der Waals surface area (Å²) in [5.41, 5.74) is 1.67. The number of amides is 1. The van der Waals surface area contributed by atoms with Crippen LogP contribution in [0.15, 0.2) is 24.3 Å². The standard InChI is InChI=1S/C13H17NO3/c1-9(2)14(8-15)12(13(16)17)11-6-4-10(3)5-7-11/h4-9,12H,1-3H3,(H,16,17). The van der Waals surface area contributed by atoms with E-state index in [9.17, 15) is 14.7 Å². The highest BCUT2D eigenvalue weighted by Crippen LogP contribution is 2.22. The van der Waals surface area contributed by atoms with Crippen molar-refractivity contribution >= 4 is 12.4 Å². The van der Waals surface area contributed by atoms with Crippen molar-refractivity contribution < 1.29 is 14.7 Å². The first-order valence-corrected chi connectivity index (χ1v) is 5.49. The van der Waals surface area contributed by atoms with E-state index in [2.05, 4.69) is 0 Å². The molecule has 17 heavy (non-hydrogen) atoms. The largest absolute Gasteiger partial charge is 0.479 e. The van der Waals surface area contributed by atoms with Crippen LogP contribution in [0.1, 0.15) is 31.0 Å². The zero-order chi connectivity index (χ0) is 13.0. The summed E-state index contributed by atoms with van der Waals surface area (Å²) in [4.78, 5) is 23.6. The van der Waals surface area contributed by atoms with Gasteiger partial charge in [-0.1, -0.05) is 29.8 Å². The van der Waals surface area contributed by atoms with Crippen LogP contribution < -0.4 is 0 Å². The highest BCUT2D eigenvalue weighted by molar-refractivity contribution is 5.78. The van der Waals surface area contributed by atoms with Crippen molar-refractivity contribution in [3.63, 3.8) is 0 Å². The maximum atomic E-state index is 11.3.